The van der Waals surface area contributed by atoms with Gasteiger partial charge in [0.15, 0.2) is 0 Å². The summed E-state index contributed by atoms with van der Waals surface area (Å²) in [4.78, 5) is 28.3. The van der Waals surface area contributed by atoms with E-state index in [-0.39, 0.29) is 11.3 Å². The Morgan fingerprint density at radius 3 is 2.56 bits per heavy atom. The molecule has 4 rings (SSSR count). The quantitative estimate of drug-likeness (QED) is 0.301. The molecule has 1 atom stereocenters. The maximum atomic E-state index is 13.5. The van der Waals surface area contributed by atoms with Crippen molar-refractivity contribution in [1.29, 1.82) is 0 Å². The highest BCUT2D eigenvalue weighted by Crippen LogP contribution is 2.44. The van der Waals surface area contributed by atoms with E-state index >= 15 is 0 Å². The number of benzene rings is 2. The maximum absolute atomic E-state index is 13.5. The van der Waals surface area contributed by atoms with Gasteiger partial charge >= 0.3 is 0 Å². The van der Waals surface area contributed by atoms with Crippen LogP contribution in [0.4, 0.5) is 10.1 Å². The number of hydrogen-bond donors (Lipinski definition) is 1. The first kappa shape index (κ1) is 21.8. The molecule has 7 heteroatoms. The lowest BCUT2D eigenvalue weighted by molar-refractivity contribution is -0.132. The maximum Gasteiger partial charge on any atom is 0.300 e. The summed E-state index contributed by atoms with van der Waals surface area (Å²) in [5, 5.41) is 13.1. The van der Waals surface area contributed by atoms with Gasteiger partial charge in [-0.3, -0.25) is 14.5 Å². The van der Waals surface area contributed by atoms with Crippen LogP contribution in [0.1, 0.15) is 35.4 Å². The Morgan fingerprint density at radius 2 is 1.91 bits per heavy atom. The van der Waals surface area contributed by atoms with Crippen molar-refractivity contribution in [3.05, 3.63) is 87.4 Å². The molecule has 1 fully saturated rings. The van der Waals surface area contributed by atoms with Crippen molar-refractivity contribution < 1.29 is 23.8 Å². The van der Waals surface area contributed by atoms with Gasteiger partial charge in [-0.05, 0) is 66.8 Å². The second-order valence-corrected chi connectivity index (χ2v) is 8.44. The van der Waals surface area contributed by atoms with Gasteiger partial charge in [0.1, 0.15) is 23.4 Å². The van der Waals surface area contributed by atoms with Crippen molar-refractivity contribution in [1.82, 2.24) is 0 Å². The highest BCUT2D eigenvalue weighted by atomic mass is 32.1. The van der Waals surface area contributed by atoms with Crippen LogP contribution in [0.5, 0.6) is 5.75 Å². The Bertz CT molecular complexity index is 1200. The van der Waals surface area contributed by atoms with Gasteiger partial charge in [0, 0.05) is 16.1 Å². The standard InChI is InChI=1S/C25H22FNO4S/c1-3-12-31-19-6-4-5-16(14-19)22(28)20-21(24-15(2)11-13-32-24)27(25(30)23(20)29)18-9-7-17(26)8-10-18/h4-11,13-14,21,28H,3,12H2,1-2H3/b22-20-. The Balaban J connectivity index is 1.88. The van der Waals surface area contributed by atoms with E-state index in [1.165, 1.54) is 40.5 Å². The highest BCUT2D eigenvalue weighted by molar-refractivity contribution is 7.10. The number of amides is 1. The molecular formula is C25H22FNO4S. The van der Waals surface area contributed by atoms with Crippen molar-refractivity contribution in [3.63, 3.8) is 0 Å². The summed E-state index contributed by atoms with van der Waals surface area (Å²) in [5.41, 5.74) is 1.65. The number of carbonyl (C=O) groups excluding carboxylic acids is 2. The van der Waals surface area contributed by atoms with Gasteiger partial charge in [0.2, 0.25) is 0 Å². The van der Waals surface area contributed by atoms with E-state index in [0.29, 0.717) is 23.6 Å². The van der Waals surface area contributed by atoms with Crippen LogP contribution in [0.15, 0.2) is 65.6 Å². The number of ether oxygens (including phenoxy) is 1. The van der Waals surface area contributed by atoms with Crippen molar-refractivity contribution in [2.75, 3.05) is 11.5 Å². The highest BCUT2D eigenvalue weighted by Gasteiger charge is 2.47. The van der Waals surface area contributed by atoms with Crippen molar-refractivity contribution in [2.45, 2.75) is 26.3 Å². The first-order valence-electron chi connectivity index (χ1n) is 10.3. The third-order valence-corrected chi connectivity index (χ3v) is 6.35. The minimum atomic E-state index is -0.819. The Labute approximate surface area is 189 Å². The Kier molecular flexibility index (Phi) is 6.10. The normalized spacial score (nSPS) is 17.7. The van der Waals surface area contributed by atoms with Crippen molar-refractivity contribution >= 4 is 34.5 Å². The van der Waals surface area contributed by atoms with Crippen LogP contribution in [-0.4, -0.2) is 23.4 Å². The van der Waals surface area contributed by atoms with E-state index in [1.54, 1.807) is 24.3 Å². The summed E-state index contributed by atoms with van der Waals surface area (Å²) in [6.45, 7) is 4.40. The number of aliphatic hydroxyl groups is 1. The van der Waals surface area contributed by atoms with E-state index in [4.69, 9.17) is 4.74 Å². The van der Waals surface area contributed by atoms with Gasteiger partial charge in [0.05, 0.1) is 12.2 Å². The number of rotatable bonds is 6. The minimum absolute atomic E-state index is 0.00230. The first-order valence-corrected chi connectivity index (χ1v) is 11.1. The molecule has 2 heterocycles. The molecule has 1 unspecified atom stereocenters. The molecule has 0 radical (unpaired) electrons. The molecule has 1 amide bonds. The van der Waals surface area contributed by atoms with Crippen LogP contribution in [-0.2, 0) is 9.59 Å². The van der Waals surface area contributed by atoms with E-state index in [9.17, 15) is 19.1 Å². The zero-order valence-electron chi connectivity index (χ0n) is 17.7. The number of anilines is 1. The molecular weight excluding hydrogens is 429 g/mol. The van der Waals surface area contributed by atoms with Gasteiger partial charge in [-0.25, -0.2) is 4.39 Å². The van der Waals surface area contributed by atoms with E-state index in [2.05, 4.69) is 0 Å². The van der Waals surface area contributed by atoms with E-state index in [0.717, 1.165) is 16.9 Å². The first-order chi connectivity index (χ1) is 15.4. The zero-order valence-corrected chi connectivity index (χ0v) is 18.5. The molecule has 3 aromatic rings. The molecule has 1 aliphatic heterocycles. The van der Waals surface area contributed by atoms with Gasteiger partial charge in [-0.2, -0.15) is 0 Å². The topological polar surface area (TPSA) is 66.8 Å². The van der Waals surface area contributed by atoms with E-state index in [1.807, 2.05) is 25.3 Å². The van der Waals surface area contributed by atoms with Crippen LogP contribution >= 0.6 is 11.3 Å². The summed E-state index contributed by atoms with van der Waals surface area (Å²) in [5.74, 6) is -1.71. The molecule has 0 spiro atoms. The SMILES string of the molecule is CCCOc1cccc(/C(O)=C2/C(=O)C(=O)N(c3ccc(F)cc3)C2c2sccc2C)c1. The molecule has 2 aromatic carbocycles. The molecule has 0 saturated carbocycles. The minimum Gasteiger partial charge on any atom is -0.507 e. The van der Waals surface area contributed by atoms with Crippen LogP contribution in [0, 0.1) is 12.7 Å². The summed E-state index contributed by atoms with van der Waals surface area (Å²) in [6, 6.07) is 13.3. The Hall–Kier alpha value is -3.45. The molecule has 0 bridgehead atoms. The van der Waals surface area contributed by atoms with Gasteiger partial charge in [-0.1, -0.05) is 19.1 Å². The number of carbonyl (C=O) groups is 2. The third kappa shape index (κ3) is 3.91. The van der Waals surface area contributed by atoms with Crippen LogP contribution in [0.25, 0.3) is 5.76 Å². The number of aliphatic hydroxyl groups excluding tert-OH is 1. The fraction of sp³-hybridized carbons (Fsp3) is 0.200. The van der Waals surface area contributed by atoms with Gasteiger partial charge in [-0.15, -0.1) is 11.3 Å². The lowest BCUT2D eigenvalue weighted by atomic mass is 9.98. The fourth-order valence-corrected chi connectivity index (χ4v) is 4.75. The summed E-state index contributed by atoms with van der Waals surface area (Å²) in [6.07, 6.45) is 0.830. The number of thiophene rings is 1. The van der Waals surface area contributed by atoms with Gasteiger partial charge in [0.25, 0.3) is 11.7 Å². The molecule has 0 aliphatic carbocycles. The molecule has 164 valence electrons. The van der Waals surface area contributed by atoms with Crippen LogP contribution in [0.2, 0.25) is 0 Å². The lowest BCUT2D eigenvalue weighted by Crippen LogP contribution is -2.29. The second kappa shape index (κ2) is 8.96. The molecule has 5 nitrogen and oxygen atoms in total. The fourth-order valence-electron chi connectivity index (χ4n) is 3.72. The number of ketones is 1. The molecule has 1 aliphatic rings. The zero-order chi connectivity index (χ0) is 22.8. The average molecular weight is 452 g/mol. The number of nitrogens with zero attached hydrogens (tertiary/aromatic N) is 1. The van der Waals surface area contributed by atoms with Crippen LogP contribution in [0.3, 0.4) is 0 Å². The van der Waals surface area contributed by atoms with Crippen molar-refractivity contribution in [3.8, 4) is 5.75 Å². The lowest BCUT2D eigenvalue weighted by Gasteiger charge is -2.25. The van der Waals surface area contributed by atoms with Crippen LogP contribution < -0.4 is 9.64 Å². The molecule has 32 heavy (non-hydrogen) atoms. The predicted octanol–water partition coefficient (Wildman–Crippen LogP) is 5.61. The molecule has 1 saturated heterocycles. The monoisotopic (exact) mass is 451 g/mol. The number of aryl methyl sites for hydroxylation is 1. The summed E-state index contributed by atoms with van der Waals surface area (Å²) < 4.78 is 19.2. The average Bonchev–Trinajstić information content (AvgIpc) is 3.33. The predicted molar refractivity (Wildman–Crippen MR) is 122 cm³/mol. The smallest absolute Gasteiger partial charge is 0.300 e. The number of halogens is 1. The summed E-state index contributed by atoms with van der Waals surface area (Å²) >= 11 is 1.39. The molecule has 1 aromatic heterocycles. The Morgan fingerprint density at radius 1 is 1.16 bits per heavy atom. The largest absolute Gasteiger partial charge is 0.507 e. The summed E-state index contributed by atoms with van der Waals surface area (Å²) in [7, 11) is 0. The number of hydrogen-bond acceptors (Lipinski definition) is 5. The van der Waals surface area contributed by atoms with E-state index < -0.39 is 23.5 Å². The molecule has 1 N–H and O–H groups in total. The second-order valence-electron chi connectivity index (χ2n) is 7.49. The van der Waals surface area contributed by atoms with Crippen molar-refractivity contribution in [2.24, 2.45) is 0 Å². The third-order valence-electron chi connectivity index (χ3n) is 5.28. The number of Topliss-reactive ketones (excluding diaryl/α,β-unsaturated/α-hetero) is 1. The van der Waals surface area contributed by atoms with Gasteiger partial charge < -0.3 is 9.84 Å².